The highest BCUT2D eigenvalue weighted by molar-refractivity contribution is 5.25. The van der Waals surface area contributed by atoms with Gasteiger partial charge in [-0.05, 0) is 31.9 Å². The summed E-state index contributed by atoms with van der Waals surface area (Å²) in [7, 11) is 2.01. The Kier molecular flexibility index (Phi) is 4.35. The highest BCUT2D eigenvalue weighted by Crippen LogP contribution is 2.27. The Hall–Kier alpha value is -1.37. The van der Waals surface area contributed by atoms with Crippen LogP contribution in [0.25, 0.3) is 0 Å². The van der Waals surface area contributed by atoms with E-state index in [4.69, 9.17) is 5.26 Å². The van der Waals surface area contributed by atoms with Gasteiger partial charge < -0.3 is 5.32 Å². The van der Waals surface area contributed by atoms with Gasteiger partial charge in [-0.25, -0.2) is 0 Å². The van der Waals surface area contributed by atoms with E-state index in [2.05, 4.69) is 47.5 Å². The van der Waals surface area contributed by atoms with Crippen molar-refractivity contribution < 1.29 is 0 Å². The number of nitriles is 1. The summed E-state index contributed by atoms with van der Waals surface area (Å²) in [6.07, 6.45) is 1.15. The van der Waals surface area contributed by atoms with Gasteiger partial charge in [-0.15, -0.1) is 0 Å². The molecule has 18 heavy (non-hydrogen) atoms. The molecule has 3 heteroatoms. The maximum absolute atomic E-state index is 8.86. The van der Waals surface area contributed by atoms with E-state index in [1.54, 1.807) is 0 Å². The molecule has 0 aliphatic carbocycles. The zero-order valence-electron chi connectivity index (χ0n) is 11.2. The molecule has 3 nitrogen and oxygen atoms in total. The molecule has 1 aromatic carbocycles. The summed E-state index contributed by atoms with van der Waals surface area (Å²) < 4.78 is 0. The van der Waals surface area contributed by atoms with E-state index < -0.39 is 0 Å². The molecule has 1 aliphatic rings. The molecule has 1 aliphatic heterocycles. The van der Waals surface area contributed by atoms with Gasteiger partial charge >= 0.3 is 0 Å². The van der Waals surface area contributed by atoms with E-state index in [0.29, 0.717) is 18.5 Å². The highest BCUT2D eigenvalue weighted by atomic mass is 15.2. The van der Waals surface area contributed by atoms with Crippen LogP contribution in [0.15, 0.2) is 24.3 Å². The molecule has 2 atom stereocenters. The van der Waals surface area contributed by atoms with Crippen molar-refractivity contribution in [1.29, 1.82) is 5.26 Å². The highest BCUT2D eigenvalue weighted by Gasteiger charge is 2.26. The van der Waals surface area contributed by atoms with Gasteiger partial charge in [-0.3, -0.25) is 4.90 Å². The second-order valence-corrected chi connectivity index (χ2v) is 5.18. The molecular formula is C15H21N3. The Morgan fingerprint density at radius 2 is 2.06 bits per heavy atom. The lowest BCUT2D eigenvalue weighted by Crippen LogP contribution is -2.47. The third-order valence-corrected chi connectivity index (χ3v) is 3.78. The van der Waals surface area contributed by atoms with E-state index in [9.17, 15) is 0 Å². The molecule has 1 heterocycles. The zero-order valence-corrected chi connectivity index (χ0v) is 11.2. The first-order valence-corrected chi connectivity index (χ1v) is 6.56. The first kappa shape index (κ1) is 13.1. The number of aryl methyl sites for hydroxylation is 1. The van der Waals surface area contributed by atoms with Crippen LogP contribution in [0.3, 0.4) is 0 Å². The predicted molar refractivity (Wildman–Crippen MR) is 73.4 cm³/mol. The topological polar surface area (TPSA) is 39.1 Å². The van der Waals surface area contributed by atoms with Crippen LogP contribution in [0.2, 0.25) is 0 Å². The van der Waals surface area contributed by atoms with E-state index in [1.807, 2.05) is 7.05 Å². The Labute approximate surface area is 109 Å². The van der Waals surface area contributed by atoms with Crippen LogP contribution in [0, 0.1) is 18.3 Å². The van der Waals surface area contributed by atoms with Crippen LogP contribution in [0.5, 0.6) is 0 Å². The molecular weight excluding hydrogens is 222 g/mol. The Bertz CT molecular complexity index is 418. The number of piperidine rings is 1. The Morgan fingerprint density at radius 1 is 1.33 bits per heavy atom. The fourth-order valence-corrected chi connectivity index (χ4v) is 2.71. The van der Waals surface area contributed by atoms with Gasteiger partial charge in [0.1, 0.15) is 0 Å². The van der Waals surface area contributed by atoms with Crippen LogP contribution in [0.4, 0.5) is 0 Å². The van der Waals surface area contributed by atoms with Gasteiger partial charge in [0.25, 0.3) is 0 Å². The van der Waals surface area contributed by atoms with Crippen molar-refractivity contribution in [3.63, 3.8) is 0 Å². The second kappa shape index (κ2) is 5.99. The number of nitrogens with one attached hydrogen (secondary N) is 1. The van der Waals surface area contributed by atoms with Gasteiger partial charge in [0.05, 0.1) is 12.6 Å². The fraction of sp³-hybridized carbons (Fsp3) is 0.533. The molecule has 0 bridgehead atoms. The Morgan fingerprint density at radius 3 is 2.67 bits per heavy atom. The lowest BCUT2D eigenvalue weighted by molar-refractivity contribution is 0.193. The molecule has 1 N–H and O–H groups in total. The van der Waals surface area contributed by atoms with Crippen LogP contribution in [-0.4, -0.2) is 37.6 Å². The largest absolute Gasteiger partial charge is 0.316 e. The van der Waals surface area contributed by atoms with Gasteiger partial charge in [-0.1, -0.05) is 29.8 Å². The molecule has 0 spiro atoms. The lowest BCUT2D eigenvalue weighted by Gasteiger charge is -2.36. The number of likely N-dealkylation sites (tertiary alicyclic amines) is 1. The minimum Gasteiger partial charge on any atom is -0.316 e. The molecule has 96 valence electrons. The molecule has 0 aromatic heterocycles. The van der Waals surface area contributed by atoms with Crippen molar-refractivity contribution in [3.05, 3.63) is 35.4 Å². The number of rotatable bonds is 3. The summed E-state index contributed by atoms with van der Waals surface area (Å²) in [6, 6.07) is 11.5. The van der Waals surface area contributed by atoms with Crippen molar-refractivity contribution >= 4 is 0 Å². The number of benzene rings is 1. The normalized spacial score (nSPS) is 24.7. The van der Waals surface area contributed by atoms with Gasteiger partial charge in [0.2, 0.25) is 0 Å². The minimum absolute atomic E-state index is 0.485. The number of nitrogens with zero attached hydrogens (tertiary/aromatic N) is 2. The zero-order chi connectivity index (χ0) is 13.0. The quantitative estimate of drug-likeness (QED) is 0.824. The number of likely N-dealkylation sites (N-methyl/N-ethyl adjacent to an activating group) is 1. The molecule has 1 aromatic rings. The van der Waals surface area contributed by atoms with Crippen molar-refractivity contribution in [1.82, 2.24) is 10.2 Å². The molecule has 0 radical (unpaired) electrons. The van der Waals surface area contributed by atoms with E-state index in [1.165, 1.54) is 11.1 Å². The average molecular weight is 243 g/mol. The van der Waals surface area contributed by atoms with Crippen molar-refractivity contribution in [2.24, 2.45) is 0 Å². The van der Waals surface area contributed by atoms with E-state index >= 15 is 0 Å². The maximum atomic E-state index is 8.86. The third-order valence-electron chi connectivity index (χ3n) is 3.78. The molecule has 0 saturated carbocycles. The van der Waals surface area contributed by atoms with Crippen molar-refractivity contribution in [2.45, 2.75) is 25.3 Å². The average Bonchev–Trinajstić information content (AvgIpc) is 2.39. The molecule has 2 unspecified atom stereocenters. The number of hydrogen-bond acceptors (Lipinski definition) is 3. The summed E-state index contributed by atoms with van der Waals surface area (Å²) in [5.41, 5.74) is 2.69. The van der Waals surface area contributed by atoms with Crippen molar-refractivity contribution in [2.75, 3.05) is 26.7 Å². The first-order valence-electron chi connectivity index (χ1n) is 6.56. The smallest absolute Gasteiger partial charge is 0.0866 e. The SMILES string of the molecule is CNC1CC(c2ccc(C)cc2)CN(CC#N)C1. The van der Waals surface area contributed by atoms with Crippen LogP contribution >= 0.6 is 0 Å². The monoisotopic (exact) mass is 243 g/mol. The maximum Gasteiger partial charge on any atom is 0.0866 e. The minimum atomic E-state index is 0.485. The summed E-state index contributed by atoms with van der Waals surface area (Å²) in [4.78, 5) is 2.25. The molecule has 1 fully saturated rings. The molecule has 1 saturated heterocycles. The third kappa shape index (κ3) is 3.10. The Balaban J connectivity index is 2.11. The second-order valence-electron chi connectivity index (χ2n) is 5.18. The van der Waals surface area contributed by atoms with E-state index in [-0.39, 0.29) is 0 Å². The van der Waals surface area contributed by atoms with Crippen molar-refractivity contribution in [3.8, 4) is 6.07 Å². The van der Waals surface area contributed by atoms with Crippen LogP contribution in [0.1, 0.15) is 23.5 Å². The van der Waals surface area contributed by atoms with Crippen LogP contribution in [-0.2, 0) is 0 Å². The molecule has 0 amide bonds. The summed E-state index contributed by atoms with van der Waals surface area (Å²) >= 11 is 0. The summed E-state index contributed by atoms with van der Waals surface area (Å²) in [6.45, 7) is 4.62. The fourth-order valence-electron chi connectivity index (χ4n) is 2.71. The number of hydrogen-bond donors (Lipinski definition) is 1. The van der Waals surface area contributed by atoms with Gasteiger partial charge in [0.15, 0.2) is 0 Å². The summed E-state index contributed by atoms with van der Waals surface area (Å²) in [5, 5.41) is 12.2. The van der Waals surface area contributed by atoms with Gasteiger partial charge in [0, 0.05) is 19.1 Å². The van der Waals surface area contributed by atoms with Crippen LogP contribution < -0.4 is 5.32 Å². The van der Waals surface area contributed by atoms with E-state index in [0.717, 1.165) is 19.5 Å². The predicted octanol–water partition coefficient (Wildman–Crippen LogP) is 1.90. The van der Waals surface area contributed by atoms with Gasteiger partial charge in [-0.2, -0.15) is 5.26 Å². The molecule has 2 rings (SSSR count). The lowest BCUT2D eigenvalue weighted by atomic mass is 9.88. The first-order chi connectivity index (χ1) is 8.72. The summed E-state index contributed by atoms with van der Waals surface area (Å²) in [5.74, 6) is 0.533. The standard InChI is InChI=1S/C15H21N3/c1-12-3-5-13(6-4-12)14-9-15(17-2)11-18(10-14)8-7-16/h3-6,14-15,17H,8-11H2,1-2H3.